The third kappa shape index (κ3) is 2.74. The largest absolute Gasteiger partial charge is 0.459 e. The van der Waals surface area contributed by atoms with Gasteiger partial charge in [-0.25, -0.2) is 4.98 Å². The first-order valence-corrected chi connectivity index (χ1v) is 7.48. The van der Waals surface area contributed by atoms with Crippen LogP contribution in [0.3, 0.4) is 0 Å². The summed E-state index contributed by atoms with van der Waals surface area (Å²) in [6, 6.07) is 11.0. The second kappa shape index (κ2) is 6.05. The van der Waals surface area contributed by atoms with Crippen LogP contribution in [-0.4, -0.2) is 15.9 Å². The van der Waals surface area contributed by atoms with Crippen LogP contribution < -0.4 is 5.32 Å². The number of carbonyl (C=O) groups is 1. The zero-order chi connectivity index (χ0) is 15.5. The van der Waals surface area contributed by atoms with E-state index >= 15 is 0 Å². The standard InChI is InChI=1S/C17H19N3O2/c1-3-11(2)15(20-17(21)14-9-6-10-22-14)16-18-12-7-4-5-8-13(12)19-16/h4-11,15H,3H2,1-2H3,(H,18,19)(H,20,21)/t11-,15+/m0/s1. The molecule has 0 bridgehead atoms. The van der Waals surface area contributed by atoms with Crippen molar-refractivity contribution >= 4 is 16.9 Å². The van der Waals surface area contributed by atoms with E-state index in [-0.39, 0.29) is 17.9 Å². The first-order valence-electron chi connectivity index (χ1n) is 7.48. The van der Waals surface area contributed by atoms with Gasteiger partial charge in [-0.3, -0.25) is 4.79 Å². The molecule has 0 aliphatic heterocycles. The lowest BCUT2D eigenvalue weighted by atomic mass is 9.98. The summed E-state index contributed by atoms with van der Waals surface area (Å²) >= 11 is 0. The Labute approximate surface area is 128 Å². The lowest BCUT2D eigenvalue weighted by Gasteiger charge is -2.21. The molecule has 0 aliphatic carbocycles. The average molecular weight is 297 g/mol. The van der Waals surface area contributed by atoms with Crippen molar-refractivity contribution in [2.45, 2.75) is 26.3 Å². The molecule has 0 saturated heterocycles. The smallest absolute Gasteiger partial charge is 0.287 e. The molecule has 1 aromatic carbocycles. The molecule has 22 heavy (non-hydrogen) atoms. The number of hydrogen-bond donors (Lipinski definition) is 2. The molecular formula is C17H19N3O2. The number of fused-ring (bicyclic) bond motifs is 1. The van der Waals surface area contributed by atoms with Crippen LogP contribution in [0, 0.1) is 5.92 Å². The van der Waals surface area contributed by atoms with Crippen molar-refractivity contribution in [3.8, 4) is 0 Å². The van der Waals surface area contributed by atoms with Crippen molar-refractivity contribution < 1.29 is 9.21 Å². The molecule has 3 rings (SSSR count). The number of rotatable bonds is 5. The van der Waals surface area contributed by atoms with E-state index in [4.69, 9.17) is 4.42 Å². The quantitative estimate of drug-likeness (QED) is 0.754. The number of furan rings is 1. The van der Waals surface area contributed by atoms with Gasteiger partial charge >= 0.3 is 0 Å². The number of nitrogens with zero attached hydrogens (tertiary/aromatic N) is 1. The molecular weight excluding hydrogens is 278 g/mol. The summed E-state index contributed by atoms with van der Waals surface area (Å²) < 4.78 is 5.16. The number of imidazole rings is 1. The summed E-state index contributed by atoms with van der Waals surface area (Å²) in [5.41, 5.74) is 1.87. The van der Waals surface area contributed by atoms with E-state index in [0.717, 1.165) is 23.3 Å². The number of benzene rings is 1. The summed E-state index contributed by atoms with van der Waals surface area (Å²) in [4.78, 5) is 20.2. The second-order valence-corrected chi connectivity index (χ2v) is 5.45. The Morgan fingerprint density at radius 1 is 1.32 bits per heavy atom. The van der Waals surface area contributed by atoms with Gasteiger partial charge in [0, 0.05) is 0 Å². The first-order chi connectivity index (χ1) is 10.7. The molecule has 0 aliphatic rings. The molecule has 0 radical (unpaired) electrons. The summed E-state index contributed by atoms with van der Waals surface area (Å²) in [6.07, 6.45) is 2.43. The summed E-state index contributed by atoms with van der Waals surface area (Å²) in [5.74, 6) is 1.11. The third-order valence-electron chi connectivity index (χ3n) is 3.95. The highest BCUT2D eigenvalue weighted by Gasteiger charge is 2.24. The third-order valence-corrected chi connectivity index (χ3v) is 3.95. The second-order valence-electron chi connectivity index (χ2n) is 5.45. The molecule has 2 heterocycles. The van der Waals surface area contributed by atoms with Gasteiger partial charge in [0.05, 0.1) is 23.3 Å². The van der Waals surface area contributed by atoms with E-state index in [0.29, 0.717) is 5.76 Å². The Morgan fingerprint density at radius 2 is 2.14 bits per heavy atom. The van der Waals surface area contributed by atoms with Crippen LogP contribution in [-0.2, 0) is 0 Å². The fourth-order valence-corrected chi connectivity index (χ4v) is 2.46. The van der Waals surface area contributed by atoms with Crippen molar-refractivity contribution in [3.05, 3.63) is 54.2 Å². The maximum absolute atomic E-state index is 12.3. The van der Waals surface area contributed by atoms with Gasteiger partial charge in [-0.15, -0.1) is 0 Å². The fourth-order valence-electron chi connectivity index (χ4n) is 2.46. The predicted molar refractivity (Wildman–Crippen MR) is 84.5 cm³/mol. The normalized spacial score (nSPS) is 13.9. The molecule has 2 atom stereocenters. The van der Waals surface area contributed by atoms with Gasteiger partial charge in [-0.05, 0) is 30.2 Å². The molecule has 2 aromatic heterocycles. The number of aromatic nitrogens is 2. The molecule has 2 N–H and O–H groups in total. The lowest BCUT2D eigenvalue weighted by Crippen LogP contribution is -2.33. The summed E-state index contributed by atoms with van der Waals surface area (Å²) in [7, 11) is 0. The summed E-state index contributed by atoms with van der Waals surface area (Å²) in [6.45, 7) is 4.19. The van der Waals surface area contributed by atoms with Crippen molar-refractivity contribution in [2.75, 3.05) is 0 Å². The molecule has 3 aromatic rings. The molecule has 114 valence electrons. The van der Waals surface area contributed by atoms with E-state index in [1.54, 1.807) is 12.1 Å². The molecule has 0 unspecified atom stereocenters. The van der Waals surface area contributed by atoms with Gasteiger partial charge in [0.1, 0.15) is 5.82 Å². The minimum atomic E-state index is -0.226. The lowest BCUT2D eigenvalue weighted by molar-refractivity contribution is 0.0892. The number of hydrogen-bond acceptors (Lipinski definition) is 3. The van der Waals surface area contributed by atoms with Gasteiger partial charge in [0.2, 0.25) is 0 Å². The van der Waals surface area contributed by atoms with E-state index in [2.05, 4.69) is 29.1 Å². The fraction of sp³-hybridized carbons (Fsp3) is 0.294. The van der Waals surface area contributed by atoms with Gasteiger partial charge in [0.25, 0.3) is 5.91 Å². The monoisotopic (exact) mass is 297 g/mol. The number of H-pyrrole nitrogens is 1. The molecule has 1 amide bonds. The topological polar surface area (TPSA) is 70.9 Å². The highest BCUT2D eigenvalue weighted by atomic mass is 16.3. The Bertz CT molecular complexity index is 728. The van der Waals surface area contributed by atoms with Crippen LogP contribution in [0.15, 0.2) is 47.1 Å². The predicted octanol–water partition coefficient (Wildman–Crippen LogP) is 3.67. The molecule has 5 nitrogen and oxygen atoms in total. The van der Waals surface area contributed by atoms with Crippen LogP contribution >= 0.6 is 0 Å². The Balaban J connectivity index is 1.90. The zero-order valence-corrected chi connectivity index (χ0v) is 12.7. The number of amides is 1. The van der Waals surface area contributed by atoms with Crippen LogP contribution in [0.1, 0.15) is 42.7 Å². The Morgan fingerprint density at radius 3 is 2.82 bits per heavy atom. The average Bonchev–Trinajstić information content (AvgIpc) is 3.20. The van der Waals surface area contributed by atoms with Crippen molar-refractivity contribution in [3.63, 3.8) is 0 Å². The Hall–Kier alpha value is -2.56. The highest BCUT2D eigenvalue weighted by Crippen LogP contribution is 2.25. The Kier molecular flexibility index (Phi) is 3.96. The highest BCUT2D eigenvalue weighted by molar-refractivity contribution is 5.91. The molecule has 0 fully saturated rings. The summed E-state index contributed by atoms with van der Waals surface area (Å²) in [5, 5.41) is 3.02. The van der Waals surface area contributed by atoms with E-state index in [1.807, 2.05) is 24.3 Å². The number of aromatic amines is 1. The maximum atomic E-state index is 12.3. The van der Waals surface area contributed by atoms with E-state index in [9.17, 15) is 4.79 Å². The SMILES string of the molecule is CC[C@H](C)[C@@H](NC(=O)c1ccco1)c1nc2ccccc2[nH]1. The molecule has 5 heteroatoms. The molecule has 0 spiro atoms. The van der Waals surface area contributed by atoms with Crippen LogP contribution in [0.4, 0.5) is 0 Å². The van der Waals surface area contributed by atoms with Gasteiger partial charge in [-0.2, -0.15) is 0 Å². The minimum Gasteiger partial charge on any atom is -0.459 e. The van der Waals surface area contributed by atoms with Crippen LogP contribution in [0.25, 0.3) is 11.0 Å². The van der Waals surface area contributed by atoms with Crippen molar-refractivity contribution in [2.24, 2.45) is 5.92 Å². The van der Waals surface area contributed by atoms with Gasteiger partial charge < -0.3 is 14.7 Å². The van der Waals surface area contributed by atoms with Crippen LogP contribution in [0.2, 0.25) is 0 Å². The first kappa shape index (κ1) is 14.4. The molecule has 0 saturated carbocycles. The zero-order valence-electron chi connectivity index (χ0n) is 12.7. The maximum Gasteiger partial charge on any atom is 0.287 e. The number of nitrogens with one attached hydrogen (secondary N) is 2. The van der Waals surface area contributed by atoms with Gasteiger partial charge in [0.15, 0.2) is 5.76 Å². The van der Waals surface area contributed by atoms with Gasteiger partial charge in [-0.1, -0.05) is 32.4 Å². The van der Waals surface area contributed by atoms with Crippen molar-refractivity contribution in [1.29, 1.82) is 0 Å². The number of carbonyl (C=O) groups excluding carboxylic acids is 1. The van der Waals surface area contributed by atoms with Crippen molar-refractivity contribution in [1.82, 2.24) is 15.3 Å². The van der Waals surface area contributed by atoms with E-state index < -0.39 is 0 Å². The van der Waals surface area contributed by atoms with Crippen LogP contribution in [0.5, 0.6) is 0 Å². The van der Waals surface area contributed by atoms with E-state index in [1.165, 1.54) is 6.26 Å². The minimum absolute atomic E-state index is 0.185. The number of para-hydroxylation sites is 2.